The number of hydrogen-bond donors (Lipinski definition) is 3. The molecule has 5 N–H and O–H groups in total. The van der Waals surface area contributed by atoms with Crippen molar-refractivity contribution in [2.24, 2.45) is 16.5 Å². The summed E-state index contributed by atoms with van der Waals surface area (Å²) in [5.74, 6) is 0. The lowest BCUT2D eigenvalue weighted by molar-refractivity contribution is 0.251. The zero-order valence-corrected chi connectivity index (χ0v) is 9.25. The van der Waals surface area contributed by atoms with Crippen LogP contribution in [-0.4, -0.2) is 17.8 Å². The molecule has 16 heavy (non-hydrogen) atoms. The molecule has 0 saturated heterocycles. The molecule has 0 aliphatic heterocycles. The molecule has 0 aromatic rings. The predicted molar refractivity (Wildman–Crippen MR) is 60.9 cm³/mol. The molecule has 1 rings (SSSR count). The number of carbonyl (C=O) groups is 2. The molecule has 0 bridgehead atoms. The largest absolute Gasteiger partial charge is 0.351 e. The summed E-state index contributed by atoms with van der Waals surface area (Å²) in [7, 11) is 0. The number of hydrogen-bond acceptors (Lipinski definition) is 2. The summed E-state index contributed by atoms with van der Waals surface area (Å²) in [5.41, 5.74) is 12.2. The number of nitrogens with two attached hydrogens (primary N) is 2. The second-order valence-electron chi connectivity index (χ2n) is 3.70. The maximum atomic E-state index is 10.8. The highest BCUT2D eigenvalue weighted by atomic mass is 16.2. The van der Waals surface area contributed by atoms with Gasteiger partial charge in [0, 0.05) is 5.70 Å². The lowest BCUT2D eigenvalue weighted by Gasteiger charge is -2.19. The minimum atomic E-state index is -0.707. The molecule has 1 aliphatic carbocycles. The van der Waals surface area contributed by atoms with E-state index in [1.807, 2.05) is 0 Å². The molecule has 0 atom stereocenters. The summed E-state index contributed by atoms with van der Waals surface area (Å²) in [6, 6.07) is -1.32. The zero-order valence-electron chi connectivity index (χ0n) is 9.25. The second-order valence-corrected chi connectivity index (χ2v) is 3.70. The fourth-order valence-electron chi connectivity index (χ4n) is 1.81. The van der Waals surface area contributed by atoms with Gasteiger partial charge < -0.3 is 16.8 Å². The topological polar surface area (TPSA) is 111 Å². The number of aliphatic imine (C=N–C) groups is 1. The number of nitrogens with zero attached hydrogens (tertiary/aromatic N) is 1. The fourth-order valence-corrected chi connectivity index (χ4v) is 1.81. The summed E-state index contributed by atoms with van der Waals surface area (Å²) >= 11 is 0. The number of primary amides is 2. The molecule has 0 unspecified atom stereocenters. The molecule has 1 aliphatic rings. The van der Waals surface area contributed by atoms with Crippen LogP contribution in [0, 0.1) is 0 Å². The first-order chi connectivity index (χ1) is 7.50. The van der Waals surface area contributed by atoms with E-state index < -0.39 is 12.1 Å². The molecule has 0 radical (unpaired) electrons. The van der Waals surface area contributed by atoms with Crippen molar-refractivity contribution in [3.05, 3.63) is 11.3 Å². The summed E-state index contributed by atoms with van der Waals surface area (Å²) in [6.45, 7) is 1.74. The van der Waals surface area contributed by atoms with Crippen molar-refractivity contribution in [1.82, 2.24) is 5.32 Å². The standard InChI is InChI=1S/C10H16N4O2/c1-6(13-9(11)15)7-4-2-3-5-8(7)14-10(12)16/h2-5H2,1H3,(H2,12,16)(H3,11,13,15)/b7-6-,14-8+. The van der Waals surface area contributed by atoms with Crippen molar-refractivity contribution in [2.75, 3.05) is 0 Å². The SMILES string of the molecule is C/C(NC(N)=O)=C1\CCCC\C1=N/C(N)=O. The molecule has 4 amide bonds. The van der Waals surface area contributed by atoms with Crippen LogP contribution in [-0.2, 0) is 0 Å². The van der Waals surface area contributed by atoms with Crippen molar-refractivity contribution < 1.29 is 9.59 Å². The Morgan fingerprint density at radius 2 is 1.88 bits per heavy atom. The van der Waals surface area contributed by atoms with E-state index in [0.29, 0.717) is 17.8 Å². The number of allylic oxidation sites excluding steroid dienone is 2. The van der Waals surface area contributed by atoms with Crippen LogP contribution >= 0.6 is 0 Å². The van der Waals surface area contributed by atoms with Crippen LogP contribution in [0.4, 0.5) is 9.59 Å². The van der Waals surface area contributed by atoms with Crippen LogP contribution in [0.25, 0.3) is 0 Å². The van der Waals surface area contributed by atoms with E-state index >= 15 is 0 Å². The first-order valence-electron chi connectivity index (χ1n) is 5.14. The molecular formula is C10H16N4O2. The number of urea groups is 2. The highest BCUT2D eigenvalue weighted by Crippen LogP contribution is 2.23. The van der Waals surface area contributed by atoms with E-state index in [0.717, 1.165) is 24.8 Å². The lowest BCUT2D eigenvalue weighted by Crippen LogP contribution is -2.30. The Hall–Kier alpha value is -1.85. The molecule has 1 fully saturated rings. The van der Waals surface area contributed by atoms with Crippen LogP contribution in [0.1, 0.15) is 32.6 Å². The lowest BCUT2D eigenvalue weighted by atomic mass is 9.91. The van der Waals surface area contributed by atoms with Gasteiger partial charge in [0.15, 0.2) is 0 Å². The normalized spacial score (nSPS) is 21.7. The van der Waals surface area contributed by atoms with Crippen molar-refractivity contribution >= 4 is 17.8 Å². The van der Waals surface area contributed by atoms with Crippen molar-refractivity contribution in [1.29, 1.82) is 0 Å². The molecule has 1 saturated carbocycles. The Balaban J connectivity index is 2.97. The summed E-state index contributed by atoms with van der Waals surface area (Å²) in [4.78, 5) is 25.2. The molecule has 6 heteroatoms. The number of amides is 4. The molecule has 88 valence electrons. The fraction of sp³-hybridized carbons (Fsp3) is 0.500. The van der Waals surface area contributed by atoms with Gasteiger partial charge in [0.05, 0.1) is 5.71 Å². The van der Waals surface area contributed by atoms with Gasteiger partial charge in [-0.05, 0) is 38.2 Å². The first-order valence-corrected chi connectivity index (χ1v) is 5.14. The van der Waals surface area contributed by atoms with E-state index in [2.05, 4.69) is 10.3 Å². The maximum absolute atomic E-state index is 10.8. The van der Waals surface area contributed by atoms with E-state index in [1.165, 1.54) is 0 Å². The van der Waals surface area contributed by atoms with Crippen molar-refractivity contribution in [3.8, 4) is 0 Å². The molecule has 0 spiro atoms. The minimum Gasteiger partial charge on any atom is -0.351 e. The number of rotatable bonds is 1. The first kappa shape index (κ1) is 12.2. The summed E-state index contributed by atoms with van der Waals surface area (Å²) in [6.07, 6.45) is 3.46. The highest BCUT2D eigenvalue weighted by Gasteiger charge is 2.17. The van der Waals surface area contributed by atoms with Crippen LogP contribution in [0.2, 0.25) is 0 Å². The van der Waals surface area contributed by atoms with Gasteiger partial charge in [-0.1, -0.05) is 0 Å². The minimum absolute atomic E-state index is 0.617. The Morgan fingerprint density at radius 1 is 1.25 bits per heavy atom. The molecule has 6 nitrogen and oxygen atoms in total. The highest BCUT2D eigenvalue weighted by molar-refractivity contribution is 6.06. The van der Waals surface area contributed by atoms with Crippen molar-refractivity contribution in [3.63, 3.8) is 0 Å². The van der Waals surface area contributed by atoms with E-state index in [4.69, 9.17) is 11.5 Å². The van der Waals surface area contributed by atoms with E-state index in [-0.39, 0.29) is 0 Å². The Kier molecular flexibility index (Phi) is 4.04. The van der Waals surface area contributed by atoms with Gasteiger partial charge >= 0.3 is 12.1 Å². The van der Waals surface area contributed by atoms with Gasteiger partial charge in [0.2, 0.25) is 0 Å². The molecular weight excluding hydrogens is 208 g/mol. The van der Waals surface area contributed by atoms with Gasteiger partial charge in [-0.25, -0.2) is 9.59 Å². The summed E-state index contributed by atoms with van der Waals surface area (Å²) < 4.78 is 0. The van der Waals surface area contributed by atoms with Crippen LogP contribution < -0.4 is 16.8 Å². The van der Waals surface area contributed by atoms with Crippen LogP contribution in [0.5, 0.6) is 0 Å². The van der Waals surface area contributed by atoms with Crippen molar-refractivity contribution in [2.45, 2.75) is 32.6 Å². The van der Waals surface area contributed by atoms with Crippen LogP contribution in [0.3, 0.4) is 0 Å². The average molecular weight is 224 g/mol. The second kappa shape index (κ2) is 5.29. The monoisotopic (exact) mass is 224 g/mol. The number of nitrogens with one attached hydrogen (secondary N) is 1. The molecule has 0 aromatic carbocycles. The van der Waals surface area contributed by atoms with Crippen LogP contribution in [0.15, 0.2) is 16.3 Å². The zero-order chi connectivity index (χ0) is 12.1. The number of carbonyl (C=O) groups excluding carboxylic acids is 2. The quantitative estimate of drug-likeness (QED) is 0.617. The Bertz CT molecular complexity index is 371. The molecule has 0 heterocycles. The van der Waals surface area contributed by atoms with Gasteiger partial charge in [-0.15, -0.1) is 0 Å². The van der Waals surface area contributed by atoms with Gasteiger partial charge in [-0.2, -0.15) is 4.99 Å². The Labute approximate surface area is 93.8 Å². The van der Waals surface area contributed by atoms with E-state index in [9.17, 15) is 9.59 Å². The van der Waals surface area contributed by atoms with Gasteiger partial charge in [0.1, 0.15) is 0 Å². The van der Waals surface area contributed by atoms with Gasteiger partial charge in [-0.3, -0.25) is 0 Å². The third-order valence-corrected chi connectivity index (χ3v) is 2.45. The predicted octanol–water partition coefficient (Wildman–Crippen LogP) is 1.02. The Morgan fingerprint density at radius 3 is 2.44 bits per heavy atom. The third kappa shape index (κ3) is 3.38. The smallest absolute Gasteiger partial charge is 0.338 e. The maximum Gasteiger partial charge on any atom is 0.338 e. The summed E-state index contributed by atoms with van der Waals surface area (Å²) in [5, 5.41) is 2.50. The van der Waals surface area contributed by atoms with E-state index in [1.54, 1.807) is 6.92 Å². The average Bonchev–Trinajstić information content (AvgIpc) is 2.16. The molecule has 0 aromatic heterocycles. The third-order valence-electron chi connectivity index (χ3n) is 2.45. The van der Waals surface area contributed by atoms with Gasteiger partial charge in [0.25, 0.3) is 0 Å².